The van der Waals surface area contributed by atoms with Crippen LogP contribution in [0, 0.1) is 11.2 Å². The summed E-state index contributed by atoms with van der Waals surface area (Å²) in [4.78, 5) is 19.7. The summed E-state index contributed by atoms with van der Waals surface area (Å²) in [5.41, 5.74) is 9.78. The minimum absolute atomic E-state index is 0.00543. The van der Waals surface area contributed by atoms with Crippen LogP contribution in [-0.2, 0) is 13.6 Å². The molecule has 1 amide bonds. The predicted molar refractivity (Wildman–Crippen MR) is 133 cm³/mol. The highest BCUT2D eigenvalue weighted by Gasteiger charge is 2.32. The Morgan fingerprint density at radius 2 is 1.89 bits per heavy atom. The third kappa shape index (κ3) is 5.83. The fourth-order valence-electron chi connectivity index (χ4n) is 4.30. The van der Waals surface area contributed by atoms with Gasteiger partial charge < -0.3 is 21.3 Å². The molecule has 1 aromatic carbocycles. The molecule has 1 aliphatic heterocycles. The number of pyridine rings is 1. The van der Waals surface area contributed by atoms with Crippen LogP contribution in [0.2, 0.25) is 0 Å². The van der Waals surface area contributed by atoms with Crippen molar-refractivity contribution in [3.63, 3.8) is 0 Å². The van der Waals surface area contributed by atoms with Gasteiger partial charge in [-0.25, -0.2) is 4.39 Å². The molecule has 3 aromatic rings. The summed E-state index contributed by atoms with van der Waals surface area (Å²) in [5, 5.41) is 17.9. The summed E-state index contributed by atoms with van der Waals surface area (Å²) in [6.45, 7) is 3.56. The minimum Gasteiger partial charge on any atom is -0.370 e. The van der Waals surface area contributed by atoms with Gasteiger partial charge in [-0.05, 0) is 62.7 Å². The molecule has 0 unspecified atom stereocenters. The number of fused-ring (bicyclic) bond motifs is 1. The van der Waals surface area contributed by atoms with Crippen molar-refractivity contribution in [3.8, 4) is 22.4 Å². The van der Waals surface area contributed by atoms with Crippen LogP contribution in [0.4, 0.5) is 4.39 Å². The second-order valence-corrected chi connectivity index (χ2v) is 8.63. The van der Waals surface area contributed by atoms with Crippen LogP contribution >= 0.6 is 0 Å². The molecule has 0 saturated carbocycles. The van der Waals surface area contributed by atoms with E-state index in [-0.39, 0.29) is 17.7 Å². The SMILES string of the molecule is Cn1cc(-c2ccnc3c2C(=O)N(CCCCNCCCNC(=N)N)C3)c(-c2ccc(F)cc2)n1. The normalized spacial score (nSPS) is 12.7. The highest BCUT2D eigenvalue weighted by molar-refractivity contribution is 6.05. The van der Waals surface area contributed by atoms with Gasteiger partial charge in [-0.1, -0.05) is 0 Å². The number of aryl methyl sites for hydroxylation is 1. The summed E-state index contributed by atoms with van der Waals surface area (Å²) >= 11 is 0. The Balaban J connectivity index is 1.38. The Kier molecular flexibility index (Phi) is 7.71. The van der Waals surface area contributed by atoms with Gasteiger partial charge in [0.1, 0.15) is 11.5 Å². The Hall–Kier alpha value is -3.79. The third-order valence-electron chi connectivity index (χ3n) is 5.99. The van der Waals surface area contributed by atoms with Gasteiger partial charge in [0.2, 0.25) is 0 Å². The Labute approximate surface area is 204 Å². The number of guanidine groups is 1. The van der Waals surface area contributed by atoms with Crippen LogP contribution in [0.15, 0.2) is 42.7 Å². The van der Waals surface area contributed by atoms with Crippen LogP contribution in [0.3, 0.4) is 0 Å². The number of halogens is 1. The van der Waals surface area contributed by atoms with Crippen LogP contribution in [0.1, 0.15) is 35.3 Å². The molecule has 0 radical (unpaired) electrons. The van der Waals surface area contributed by atoms with Crippen molar-refractivity contribution in [3.05, 3.63) is 59.8 Å². The van der Waals surface area contributed by atoms with Crippen LogP contribution in [0.25, 0.3) is 22.4 Å². The summed E-state index contributed by atoms with van der Waals surface area (Å²) in [5.74, 6) is -0.323. The number of rotatable bonds is 11. The molecular formula is C25H31FN8O. The molecule has 9 nitrogen and oxygen atoms in total. The summed E-state index contributed by atoms with van der Waals surface area (Å²) in [7, 11) is 1.83. The number of unbranched alkanes of at least 4 members (excludes halogenated alkanes) is 1. The molecular weight excluding hydrogens is 447 g/mol. The molecule has 1 aliphatic rings. The van der Waals surface area contributed by atoms with Crippen LogP contribution < -0.4 is 16.4 Å². The van der Waals surface area contributed by atoms with Crippen molar-refractivity contribution in [1.82, 2.24) is 30.3 Å². The first-order valence-corrected chi connectivity index (χ1v) is 11.8. The van der Waals surface area contributed by atoms with E-state index in [9.17, 15) is 9.18 Å². The number of carbonyl (C=O) groups is 1. The van der Waals surface area contributed by atoms with Crippen LogP contribution in [0.5, 0.6) is 0 Å². The number of nitrogens with two attached hydrogens (primary N) is 1. The number of aromatic nitrogens is 3. The second kappa shape index (κ2) is 11.1. The fourth-order valence-corrected chi connectivity index (χ4v) is 4.30. The van der Waals surface area contributed by atoms with Gasteiger partial charge in [0, 0.05) is 49.2 Å². The quantitative estimate of drug-likeness (QED) is 0.191. The lowest BCUT2D eigenvalue weighted by Gasteiger charge is -2.15. The number of benzene rings is 1. The van der Waals surface area contributed by atoms with Crippen LogP contribution in [-0.4, -0.2) is 57.7 Å². The van der Waals surface area contributed by atoms with E-state index in [4.69, 9.17) is 11.1 Å². The standard InChI is InChI=1S/C25H31FN8O/c1-33-15-20(23(32-33)17-5-7-18(26)8-6-17)19-9-13-30-21-16-34(24(35)22(19)21)14-3-2-10-29-11-4-12-31-25(27)28/h5-9,13,15,29H,2-4,10-12,14,16H2,1H3,(H4,27,28,31). The second-order valence-electron chi connectivity index (χ2n) is 8.63. The van der Waals surface area contributed by atoms with Crippen molar-refractivity contribution >= 4 is 11.9 Å². The molecule has 0 bridgehead atoms. The molecule has 4 rings (SSSR count). The molecule has 0 spiro atoms. The van der Waals surface area contributed by atoms with E-state index < -0.39 is 0 Å². The number of hydrogen-bond acceptors (Lipinski definition) is 5. The zero-order valence-corrected chi connectivity index (χ0v) is 19.9. The van der Waals surface area contributed by atoms with Crippen molar-refractivity contribution < 1.29 is 9.18 Å². The smallest absolute Gasteiger partial charge is 0.256 e. The number of carbonyl (C=O) groups excluding carboxylic acids is 1. The van der Waals surface area contributed by atoms with Gasteiger partial charge in [0.25, 0.3) is 5.91 Å². The predicted octanol–water partition coefficient (Wildman–Crippen LogP) is 2.49. The zero-order valence-electron chi connectivity index (χ0n) is 19.9. The lowest BCUT2D eigenvalue weighted by molar-refractivity contribution is 0.0776. The summed E-state index contributed by atoms with van der Waals surface area (Å²) in [6, 6.07) is 8.08. The molecule has 0 fully saturated rings. The molecule has 10 heteroatoms. The first-order chi connectivity index (χ1) is 16.9. The number of amides is 1. The Morgan fingerprint density at radius 3 is 2.66 bits per heavy atom. The molecule has 0 atom stereocenters. The molecule has 0 saturated heterocycles. The summed E-state index contributed by atoms with van der Waals surface area (Å²) in [6.07, 6.45) is 6.36. The average molecular weight is 479 g/mol. The third-order valence-corrected chi connectivity index (χ3v) is 5.99. The maximum Gasteiger partial charge on any atom is 0.256 e. The first kappa shape index (κ1) is 24.3. The fraction of sp³-hybridized carbons (Fsp3) is 0.360. The minimum atomic E-state index is -0.304. The van der Waals surface area contributed by atoms with E-state index in [2.05, 4.69) is 20.7 Å². The Morgan fingerprint density at radius 1 is 1.11 bits per heavy atom. The first-order valence-electron chi connectivity index (χ1n) is 11.8. The van der Waals surface area contributed by atoms with E-state index in [1.165, 1.54) is 12.1 Å². The molecule has 3 heterocycles. The maximum atomic E-state index is 13.4. The number of hydrogen-bond donors (Lipinski definition) is 4. The van der Waals surface area contributed by atoms with E-state index in [0.29, 0.717) is 30.9 Å². The highest BCUT2D eigenvalue weighted by Crippen LogP contribution is 2.36. The van der Waals surface area contributed by atoms with Gasteiger partial charge in [0.05, 0.1) is 17.8 Å². The van der Waals surface area contributed by atoms with Gasteiger partial charge in [-0.3, -0.25) is 19.9 Å². The number of nitrogens with one attached hydrogen (secondary N) is 3. The van der Waals surface area contributed by atoms with Crippen molar-refractivity contribution in [2.24, 2.45) is 12.8 Å². The average Bonchev–Trinajstić information content (AvgIpc) is 3.38. The van der Waals surface area contributed by atoms with E-state index in [1.807, 2.05) is 24.2 Å². The molecule has 184 valence electrons. The van der Waals surface area contributed by atoms with E-state index in [0.717, 1.165) is 54.7 Å². The van der Waals surface area contributed by atoms with Gasteiger partial charge in [-0.2, -0.15) is 5.10 Å². The van der Waals surface area contributed by atoms with Gasteiger partial charge >= 0.3 is 0 Å². The zero-order chi connectivity index (χ0) is 24.8. The number of nitrogens with zero attached hydrogens (tertiary/aromatic N) is 4. The lowest BCUT2D eigenvalue weighted by Crippen LogP contribution is -2.32. The van der Waals surface area contributed by atoms with Crippen molar-refractivity contribution in [1.29, 1.82) is 5.41 Å². The molecule has 2 aromatic heterocycles. The molecule has 0 aliphatic carbocycles. The lowest BCUT2D eigenvalue weighted by atomic mass is 9.97. The van der Waals surface area contributed by atoms with Gasteiger partial charge in [-0.15, -0.1) is 0 Å². The maximum absolute atomic E-state index is 13.4. The van der Waals surface area contributed by atoms with Crippen molar-refractivity contribution in [2.45, 2.75) is 25.8 Å². The monoisotopic (exact) mass is 478 g/mol. The summed E-state index contributed by atoms with van der Waals surface area (Å²) < 4.78 is 15.2. The molecule has 35 heavy (non-hydrogen) atoms. The van der Waals surface area contributed by atoms with E-state index >= 15 is 0 Å². The topological polar surface area (TPSA) is 125 Å². The van der Waals surface area contributed by atoms with Gasteiger partial charge in [0.15, 0.2) is 5.96 Å². The molecule has 5 N–H and O–H groups in total. The van der Waals surface area contributed by atoms with E-state index in [1.54, 1.807) is 23.0 Å². The Bertz CT molecular complexity index is 1190. The van der Waals surface area contributed by atoms with Crippen molar-refractivity contribution in [2.75, 3.05) is 26.2 Å². The highest BCUT2D eigenvalue weighted by atomic mass is 19.1. The largest absolute Gasteiger partial charge is 0.370 e.